The maximum Gasteiger partial charge on any atom is 0.240 e. The van der Waals surface area contributed by atoms with E-state index in [1.54, 1.807) is 0 Å². The average Bonchev–Trinajstić information content (AvgIpc) is 3.16. The van der Waals surface area contributed by atoms with Gasteiger partial charge in [-0.1, -0.05) is 26.7 Å². The lowest BCUT2D eigenvalue weighted by atomic mass is 9.79. The first-order chi connectivity index (χ1) is 9.08. The highest BCUT2D eigenvalue weighted by Gasteiger charge is 2.44. The highest BCUT2D eigenvalue weighted by molar-refractivity contribution is 5.85. The summed E-state index contributed by atoms with van der Waals surface area (Å²) in [6.07, 6.45) is 5.79. The van der Waals surface area contributed by atoms with Crippen molar-refractivity contribution in [2.75, 3.05) is 13.2 Å². The second-order valence-electron chi connectivity index (χ2n) is 5.85. The van der Waals surface area contributed by atoms with Crippen LogP contribution in [0.3, 0.4) is 0 Å². The lowest BCUT2D eigenvalue weighted by Gasteiger charge is -2.26. The molecule has 2 N–H and O–H groups in total. The Morgan fingerprint density at radius 3 is 2.32 bits per heavy atom. The number of rotatable bonds is 9. The van der Waals surface area contributed by atoms with E-state index < -0.39 is 5.41 Å². The minimum Gasteiger partial charge on any atom is -0.396 e. The van der Waals surface area contributed by atoms with Gasteiger partial charge in [-0.25, -0.2) is 0 Å². The number of nitrogens with zero attached hydrogens (tertiary/aromatic N) is 1. The van der Waals surface area contributed by atoms with Crippen molar-refractivity contribution in [1.82, 2.24) is 5.32 Å². The second kappa shape index (κ2) is 6.91. The normalized spacial score (nSPS) is 16.7. The van der Waals surface area contributed by atoms with Crippen LogP contribution in [0.5, 0.6) is 0 Å². The van der Waals surface area contributed by atoms with Crippen LogP contribution in [0.1, 0.15) is 58.8 Å². The van der Waals surface area contributed by atoms with Gasteiger partial charge in [0, 0.05) is 13.2 Å². The van der Waals surface area contributed by atoms with Crippen LogP contribution in [0, 0.1) is 22.2 Å². The molecule has 1 rings (SSSR count). The summed E-state index contributed by atoms with van der Waals surface area (Å²) in [6.45, 7) is 4.78. The van der Waals surface area contributed by atoms with Crippen LogP contribution < -0.4 is 5.32 Å². The van der Waals surface area contributed by atoms with Gasteiger partial charge in [-0.2, -0.15) is 5.26 Å². The predicted molar refractivity (Wildman–Crippen MR) is 74.2 cm³/mol. The summed E-state index contributed by atoms with van der Waals surface area (Å²) >= 11 is 0. The Morgan fingerprint density at radius 1 is 1.37 bits per heavy atom. The van der Waals surface area contributed by atoms with E-state index in [1.165, 1.54) is 0 Å². The SMILES string of the molecule is CCCC(C#N)(CCC)C(=O)NCC1(CCO)CC1. The molecule has 1 saturated carbocycles. The molecule has 0 spiro atoms. The first kappa shape index (κ1) is 16.0. The van der Waals surface area contributed by atoms with Crippen LogP contribution in [0.25, 0.3) is 0 Å². The predicted octanol–water partition coefficient (Wildman–Crippen LogP) is 2.38. The molecule has 108 valence electrons. The summed E-state index contributed by atoms with van der Waals surface area (Å²) in [6, 6.07) is 2.24. The molecule has 1 fully saturated rings. The molecular formula is C15H26N2O2. The van der Waals surface area contributed by atoms with Gasteiger partial charge in [0.25, 0.3) is 0 Å². The van der Waals surface area contributed by atoms with Crippen molar-refractivity contribution >= 4 is 5.91 Å². The van der Waals surface area contributed by atoms with E-state index in [2.05, 4.69) is 11.4 Å². The highest BCUT2D eigenvalue weighted by atomic mass is 16.3. The lowest BCUT2D eigenvalue weighted by molar-refractivity contribution is -0.129. The van der Waals surface area contributed by atoms with E-state index in [0.717, 1.165) is 32.1 Å². The molecule has 0 unspecified atom stereocenters. The van der Waals surface area contributed by atoms with Crippen molar-refractivity contribution in [2.45, 2.75) is 58.8 Å². The molecule has 0 atom stereocenters. The van der Waals surface area contributed by atoms with Crippen LogP contribution in [-0.2, 0) is 4.79 Å². The quantitative estimate of drug-likeness (QED) is 0.673. The van der Waals surface area contributed by atoms with Gasteiger partial charge in [-0.05, 0) is 37.5 Å². The fraction of sp³-hybridized carbons (Fsp3) is 0.867. The Labute approximate surface area is 116 Å². The lowest BCUT2D eigenvalue weighted by Crippen LogP contribution is -2.42. The molecule has 4 nitrogen and oxygen atoms in total. The maximum atomic E-state index is 12.4. The molecule has 1 amide bonds. The van der Waals surface area contributed by atoms with Gasteiger partial charge >= 0.3 is 0 Å². The first-order valence-corrected chi connectivity index (χ1v) is 7.38. The topological polar surface area (TPSA) is 73.1 Å². The molecule has 19 heavy (non-hydrogen) atoms. The highest BCUT2D eigenvalue weighted by Crippen LogP contribution is 2.48. The molecule has 0 aromatic heterocycles. The van der Waals surface area contributed by atoms with Gasteiger partial charge in [0.05, 0.1) is 6.07 Å². The fourth-order valence-electron chi connectivity index (χ4n) is 2.73. The minimum absolute atomic E-state index is 0.101. The zero-order valence-corrected chi connectivity index (χ0v) is 12.2. The third-order valence-electron chi connectivity index (χ3n) is 4.23. The number of hydrogen-bond donors (Lipinski definition) is 2. The number of nitriles is 1. The molecule has 0 bridgehead atoms. The molecular weight excluding hydrogens is 240 g/mol. The number of aliphatic hydroxyl groups excluding tert-OH is 1. The van der Waals surface area contributed by atoms with Crippen molar-refractivity contribution in [3.63, 3.8) is 0 Å². The van der Waals surface area contributed by atoms with E-state index in [4.69, 9.17) is 5.11 Å². The Kier molecular flexibility index (Phi) is 5.81. The van der Waals surface area contributed by atoms with Crippen molar-refractivity contribution in [1.29, 1.82) is 5.26 Å². The second-order valence-corrected chi connectivity index (χ2v) is 5.85. The molecule has 4 heteroatoms. The summed E-state index contributed by atoms with van der Waals surface area (Å²) in [5, 5.41) is 21.4. The largest absolute Gasteiger partial charge is 0.396 e. The average molecular weight is 266 g/mol. The zero-order chi connectivity index (χ0) is 14.4. The third-order valence-corrected chi connectivity index (χ3v) is 4.23. The monoisotopic (exact) mass is 266 g/mol. The zero-order valence-electron chi connectivity index (χ0n) is 12.2. The summed E-state index contributed by atoms with van der Waals surface area (Å²) in [7, 11) is 0. The van der Waals surface area contributed by atoms with Gasteiger partial charge in [0.2, 0.25) is 5.91 Å². The van der Waals surface area contributed by atoms with Crippen LogP contribution in [-0.4, -0.2) is 24.2 Å². The van der Waals surface area contributed by atoms with Gasteiger partial charge in [-0.15, -0.1) is 0 Å². The van der Waals surface area contributed by atoms with Crippen molar-refractivity contribution in [2.24, 2.45) is 10.8 Å². The number of nitrogens with one attached hydrogen (secondary N) is 1. The summed E-state index contributed by atoms with van der Waals surface area (Å²) in [5.74, 6) is -0.122. The number of carbonyl (C=O) groups is 1. The number of aliphatic hydroxyl groups is 1. The van der Waals surface area contributed by atoms with Crippen molar-refractivity contribution in [3.05, 3.63) is 0 Å². The Balaban J connectivity index is 2.60. The number of carbonyl (C=O) groups excluding carboxylic acids is 1. The number of hydrogen-bond acceptors (Lipinski definition) is 3. The molecule has 0 heterocycles. The Hall–Kier alpha value is -1.08. The van der Waals surface area contributed by atoms with Crippen molar-refractivity contribution in [3.8, 4) is 6.07 Å². The van der Waals surface area contributed by atoms with Crippen LogP contribution in [0.15, 0.2) is 0 Å². The van der Waals surface area contributed by atoms with E-state index in [0.29, 0.717) is 19.4 Å². The van der Waals surface area contributed by atoms with Crippen LogP contribution in [0.2, 0.25) is 0 Å². The third kappa shape index (κ3) is 3.94. The van der Waals surface area contributed by atoms with Gasteiger partial charge in [0.15, 0.2) is 0 Å². The van der Waals surface area contributed by atoms with Crippen LogP contribution in [0.4, 0.5) is 0 Å². The molecule has 0 aliphatic heterocycles. The molecule has 0 saturated heterocycles. The molecule has 1 aliphatic rings. The fourth-order valence-corrected chi connectivity index (χ4v) is 2.73. The Bertz CT molecular complexity index is 337. The van der Waals surface area contributed by atoms with Crippen LogP contribution >= 0.6 is 0 Å². The van der Waals surface area contributed by atoms with E-state index >= 15 is 0 Å². The summed E-state index contributed by atoms with van der Waals surface area (Å²) in [4.78, 5) is 12.4. The first-order valence-electron chi connectivity index (χ1n) is 7.38. The molecule has 0 aromatic carbocycles. The van der Waals surface area contributed by atoms with Gasteiger partial charge in [0.1, 0.15) is 5.41 Å². The minimum atomic E-state index is -0.862. The van der Waals surface area contributed by atoms with E-state index in [1.807, 2.05) is 13.8 Å². The van der Waals surface area contributed by atoms with Gasteiger partial charge < -0.3 is 10.4 Å². The summed E-state index contributed by atoms with van der Waals surface area (Å²) < 4.78 is 0. The van der Waals surface area contributed by atoms with E-state index in [-0.39, 0.29) is 17.9 Å². The van der Waals surface area contributed by atoms with Crippen molar-refractivity contribution < 1.29 is 9.90 Å². The Morgan fingerprint density at radius 2 is 1.95 bits per heavy atom. The van der Waals surface area contributed by atoms with Gasteiger partial charge in [-0.3, -0.25) is 4.79 Å². The van der Waals surface area contributed by atoms with E-state index in [9.17, 15) is 10.1 Å². The molecule has 1 aliphatic carbocycles. The summed E-state index contributed by atoms with van der Waals surface area (Å²) in [5.41, 5.74) is -0.761. The molecule has 0 radical (unpaired) electrons. The number of amides is 1. The standard InChI is InChI=1S/C15H26N2O2/c1-3-5-15(11-16,6-4-2)13(19)17-12-14(7-8-14)9-10-18/h18H,3-10,12H2,1-2H3,(H,17,19). The smallest absolute Gasteiger partial charge is 0.240 e. The maximum absolute atomic E-state index is 12.4. The molecule has 0 aromatic rings.